The van der Waals surface area contributed by atoms with E-state index in [4.69, 9.17) is 0 Å². The minimum atomic E-state index is 1.15. The van der Waals surface area contributed by atoms with Crippen LogP contribution in [-0.2, 0) is 12.8 Å². The number of hydrogen-bond acceptors (Lipinski definition) is 2. The van der Waals surface area contributed by atoms with E-state index in [0.717, 1.165) is 11.4 Å². The van der Waals surface area contributed by atoms with Crippen molar-refractivity contribution in [1.82, 2.24) is 10.2 Å². The van der Waals surface area contributed by atoms with E-state index in [1.807, 2.05) is 0 Å². The quantitative estimate of drug-likeness (QED) is 0.539. The molecule has 0 radical (unpaired) electrons. The lowest BCUT2D eigenvalue weighted by atomic mass is 9.95. The van der Waals surface area contributed by atoms with E-state index in [9.17, 15) is 0 Å². The zero-order valence-electron chi connectivity index (χ0n) is 14.0. The molecule has 2 heteroatoms. The van der Waals surface area contributed by atoms with Gasteiger partial charge in [0.25, 0.3) is 0 Å². The highest BCUT2D eigenvalue weighted by atomic mass is 15.1. The molecule has 0 aromatic carbocycles. The average molecular weight is 276 g/mol. The first-order chi connectivity index (χ1) is 9.70. The van der Waals surface area contributed by atoms with Crippen LogP contribution in [0.2, 0.25) is 0 Å². The van der Waals surface area contributed by atoms with Gasteiger partial charge in [0.05, 0.1) is 11.4 Å². The SMILES string of the molecule is CCCCCCc1c(C)nnc(C)c1CCCCCC. The molecule has 0 saturated heterocycles. The fourth-order valence-corrected chi connectivity index (χ4v) is 2.83. The monoisotopic (exact) mass is 276 g/mol. The zero-order valence-corrected chi connectivity index (χ0v) is 14.0. The maximum atomic E-state index is 4.33. The second kappa shape index (κ2) is 9.90. The van der Waals surface area contributed by atoms with Gasteiger partial charge in [0.2, 0.25) is 0 Å². The molecule has 0 atom stereocenters. The van der Waals surface area contributed by atoms with Crippen LogP contribution in [0.3, 0.4) is 0 Å². The fraction of sp³-hybridized carbons (Fsp3) is 0.778. The Balaban J connectivity index is 2.66. The highest BCUT2D eigenvalue weighted by Crippen LogP contribution is 2.20. The van der Waals surface area contributed by atoms with Crippen LogP contribution in [-0.4, -0.2) is 10.2 Å². The number of aryl methyl sites for hydroxylation is 2. The molecule has 0 spiro atoms. The molecule has 1 heterocycles. The average Bonchev–Trinajstić information content (AvgIpc) is 2.45. The molecule has 1 rings (SSSR count). The van der Waals surface area contributed by atoms with E-state index in [1.165, 1.54) is 75.3 Å². The zero-order chi connectivity index (χ0) is 14.8. The minimum Gasteiger partial charge on any atom is -0.155 e. The van der Waals surface area contributed by atoms with Crippen molar-refractivity contribution < 1.29 is 0 Å². The largest absolute Gasteiger partial charge is 0.155 e. The van der Waals surface area contributed by atoms with E-state index in [-0.39, 0.29) is 0 Å². The van der Waals surface area contributed by atoms with Crippen LogP contribution >= 0.6 is 0 Å². The third kappa shape index (κ3) is 5.60. The van der Waals surface area contributed by atoms with Crippen LogP contribution in [0.4, 0.5) is 0 Å². The first-order valence-electron chi connectivity index (χ1n) is 8.52. The summed E-state index contributed by atoms with van der Waals surface area (Å²) in [5, 5.41) is 8.67. The van der Waals surface area contributed by atoms with Crippen LogP contribution < -0.4 is 0 Å². The number of rotatable bonds is 10. The van der Waals surface area contributed by atoms with Gasteiger partial charge in [-0.1, -0.05) is 52.4 Å². The van der Waals surface area contributed by atoms with Gasteiger partial charge >= 0.3 is 0 Å². The second-order valence-electron chi connectivity index (χ2n) is 5.95. The molecule has 0 saturated carbocycles. The van der Waals surface area contributed by atoms with Crippen LogP contribution in [0.25, 0.3) is 0 Å². The molecule has 0 amide bonds. The summed E-state index contributed by atoms with van der Waals surface area (Å²) in [5.41, 5.74) is 5.28. The molecule has 0 aliphatic heterocycles. The van der Waals surface area contributed by atoms with Gasteiger partial charge in [-0.05, 0) is 50.7 Å². The first-order valence-corrected chi connectivity index (χ1v) is 8.52. The molecule has 0 fully saturated rings. The topological polar surface area (TPSA) is 25.8 Å². The van der Waals surface area contributed by atoms with Gasteiger partial charge in [-0.2, -0.15) is 10.2 Å². The van der Waals surface area contributed by atoms with E-state index in [1.54, 1.807) is 0 Å². The van der Waals surface area contributed by atoms with Crippen molar-refractivity contribution >= 4 is 0 Å². The number of unbranched alkanes of at least 4 members (excludes halogenated alkanes) is 6. The Morgan fingerprint density at radius 1 is 0.600 bits per heavy atom. The van der Waals surface area contributed by atoms with Crippen LogP contribution in [0.5, 0.6) is 0 Å². The molecule has 1 aromatic rings. The van der Waals surface area contributed by atoms with Gasteiger partial charge in [0, 0.05) is 0 Å². The Morgan fingerprint density at radius 3 is 1.35 bits per heavy atom. The van der Waals surface area contributed by atoms with Crippen molar-refractivity contribution in [2.75, 3.05) is 0 Å². The Bertz CT molecular complexity index is 348. The van der Waals surface area contributed by atoms with Crippen LogP contribution in [0.1, 0.15) is 87.7 Å². The summed E-state index contributed by atoms with van der Waals surface area (Å²) in [5.74, 6) is 0. The van der Waals surface area contributed by atoms with E-state index in [0.29, 0.717) is 0 Å². The summed E-state index contributed by atoms with van der Waals surface area (Å²) in [7, 11) is 0. The summed E-state index contributed by atoms with van der Waals surface area (Å²) in [6, 6.07) is 0. The lowest BCUT2D eigenvalue weighted by Crippen LogP contribution is -2.06. The van der Waals surface area contributed by atoms with Crippen molar-refractivity contribution in [3.63, 3.8) is 0 Å². The normalized spacial score (nSPS) is 11.0. The maximum Gasteiger partial charge on any atom is 0.0635 e. The Hall–Kier alpha value is -0.920. The van der Waals surface area contributed by atoms with Crippen molar-refractivity contribution in [2.45, 2.75) is 91.9 Å². The Morgan fingerprint density at radius 2 is 1.00 bits per heavy atom. The lowest BCUT2D eigenvalue weighted by Gasteiger charge is -2.14. The minimum absolute atomic E-state index is 1.15. The van der Waals surface area contributed by atoms with Crippen molar-refractivity contribution in [3.05, 3.63) is 22.5 Å². The van der Waals surface area contributed by atoms with Crippen LogP contribution in [0, 0.1) is 13.8 Å². The Kier molecular flexibility index (Phi) is 8.48. The van der Waals surface area contributed by atoms with Gasteiger partial charge in [-0.15, -0.1) is 0 Å². The van der Waals surface area contributed by atoms with Crippen LogP contribution in [0.15, 0.2) is 0 Å². The molecule has 20 heavy (non-hydrogen) atoms. The highest BCUT2D eigenvalue weighted by Gasteiger charge is 2.11. The smallest absolute Gasteiger partial charge is 0.0635 e. The van der Waals surface area contributed by atoms with Crippen molar-refractivity contribution in [3.8, 4) is 0 Å². The molecule has 1 aromatic heterocycles. The Labute approximate surface area is 125 Å². The molecule has 0 bridgehead atoms. The molecule has 2 nitrogen and oxygen atoms in total. The lowest BCUT2D eigenvalue weighted by molar-refractivity contribution is 0.641. The van der Waals surface area contributed by atoms with Crippen molar-refractivity contribution in [1.29, 1.82) is 0 Å². The third-order valence-corrected chi connectivity index (χ3v) is 4.15. The molecular formula is C18H32N2. The maximum absolute atomic E-state index is 4.33. The van der Waals surface area contributed by atoms with E-state index in [2.05, 4.69) is 37.9 Å². The summed E-state index contributed by atoms with van der Waals surface area (Å²) < 4.78 is 0. The molecule has 114 valence electrons. The highest BCUT2D eigenvalue weighted by molar-refractivity contribution is 5.32. The predicted molar refractivity (Wildman–Crippen MR) is 87.2 cm³/mol. The summed E-state index contributed by atoms with van der Waals surface area (Å²) in [6.07, 6.45) is 12.9. The molecule has 0 aliphatic carbocycles. The van der Waals surface area contributed by atoms with E-state index < -0.39 is 0 Å². The van der Waals surface area contributed by atoms with Crippen molar-refractivity contribution in [2.24, 2.45) is 0 Å². The summed E-state index contributed by atoms with van der Waals surface area (Å²) in [4.78, 5) is 0. The second-order valence-corrected chi connectivity index (χ2v) is 5.95. The number of hydrogen-bond donors (Lipinski definition) is 0. The van der Waals surface area contributed by atoms with Gasteiger partial charge in [-0.25, -0.2) is 0 Å². The third-order valence-electron chi connectivity index (χ3n) is 4.15. The van der Waals surface area contributed by atoms with Gasteiger partial charge < -0.3 is 0 Å². The van der Waals surface area contributed by atoms with Gasteiger partial charge in [-0.3, -0.25) is 0 Å². The van der Waals surface area contributed by atoms with E-state index >= 15 is 0 Å². The first kappa shape index (κ1) is 17.1. The standard InChI is InChI=1S/C18H32N2/c1-5-7-9-11-13-17-15(3)19-20-16(4)18(17)14-12-10-8-6-2/h5-14H2,1-4H3. The summed E-state index contributed by atoms with van der Waals surface area (Å²) >= 11 is 0. The molecule has 0 aliphatic rings. The molecular weight excluding hydrogens is 244 g/mol. The predicted octanol–water partition coefficient (Wildman–Crippen LogP) is 5.34. The van der Waals surface area contributed by atoms with Gasteiger partial charge in [0.1, 0.15) is 0 Å². The molecule has 0 unspecified atom stereocenters. The number of aromatic nitrogens is 2. The fourth-order valence-electron chi connectivity index (χ4n) is 2.83. The molecule has 0 N–H and O–H groups in total. The number of nitrogens with zero attached hydrogens (tertiary/aromatic N) is 2. The summed E-state index contributed by atoms with van der Waals surface area (Å²) in [6.45, 7) is 8.78. The van der Waals surface area contributed by atoms with Gasteiger partial charge in [0.15, 0.2) is 0 Å².